The maximum absolute atomic E-state index is 11.9. The molecule has 0 fully saturated rings. The van der Waals surface area contributed by atoms with Gasteiger partial charge in [-0.3, -0.25) is 4.79 Å². The van der Waals surface area contributed by atoms with Crippen molar-refractivity contribution in [2.24, 2.45) is 0 Å². The Balaban J connectivity index is 2.36. The van der Waals surface area contributed by atoms with Crippen LogP contribution in [-0.4, -0.2) is 20.8 Å². The summed E-state index contributed by atoms with van der Waals surface area (Å²) in [5.41, 5.74) is 8.89. The highest BCUT2D eigenvalue weighted by atomic mass is 32.2. The number of aromatic nitrogens is 2. The second kappa shape index (κ2) is 5.75. The third kappa shape index (κ3) is 2.71. The van der Waals surface area contributed by atoms with Gasteiger partial charge in [-0.2, -0.15) is 9.78 Å². The monoisotopic (exact) mass is 273 g/mol. The van der Waals surface area contributed by atoms with Gasteiger partial charge in [-0.15, -0.1) is 6.58 Å². The van der Waals surface area contributed by atoms with Crippen LogP contribution < -0.4 is 5.73 Å². The van der Waals surface area contributed by atoms with Crippen molar-refractivity contribution in [1.82, 2.24) is 9.78 Å². The minimum atomic E-state index is -0.197. The van der Waals surface area contributed by atoms with Crippen LogP contribution in [0.15, 0.2) is 43.1 Å². The van der Waals surface area contributed by atoms with Gasteiger partial charge < -0.3 is 5.73 Å². The van der Waals surface area contributed by atoms with Crippen molar-refractivity contribution in [2.45, 2.75) is 6.92 Å². The number of nitrogens with zero attached hydrogens (tertiary/aromatic N) is 2. The normalized spacial score (nSPS) is 10.4. The molecule has 19 heavy (non-hydrogen) atoms. The van der Waals surface area contributed by atoms with Gasteiger partial charge in [0.2, 0.25) is 0 Å². The molecule has 98 valence electrons. The third-order valence-corrected chi connectivity index (χ3v) is 3.56. The topological polar surface area (TPSA) is 60.9 Å². The molecule has 0 saturated carbocycles. The molecule has 0 aliphatic heterocycles. The molecule has 1 aromatic carbocycles. The Kier molecular flexibility index (Phi) is 4.06. The Morgan fingerprint density at radius 3 is 2.89 bits per heavy atom. The second-order valence-electron chi connectivity index (χ2n) is 4.04. The van der Waals surface area contributed by atoms with Crippen molar-refractivity contribution in [3.05, 3.63) is 48.7 Å². The van der Waals surface area contributed by atoms with Crippen LogP contribution in [0.5, 0.6) is 0 Å². The van der Waals surface area contributed by atoms with Crippen LogP contribution in [0.4, 0.5) is 10.6 Å². The molecule has 1 heterocycles. The average molecular weight is 273 g/mol. The summed E-state index contributed by atoms with van der Waals surface area (Å²) in [6.07, 6.45) is 3.30. The Labute approximate surface area is 116 Å². The van der Waals surface area contributed by atoms with Gasteiger partial charge in [-0.05, 0) is 18.1 Å². The average Bonchev–Trinajstić information content (AvgIpc) is 2.78. The molecule has 0 atom stereocenters. The minimum Gasteiger partial charge on any atom is -0.383 e. The zero-order valence-corrected chi connectivity index (χ0v) is 11.5. The lowest BCUT2D eigenvalue weighted by Gasteiger charge is -2.05. The summed E-state index contributed by atoms with van der Waals surface area (Å²) >= 11 is 1.12. The van der Waals surface area contributed by atoms with Crippen molar-refractivity contribution >= 4 is 22.8 Å². The smallest absolute Gasteiger partial charge is 0.308 e. The molecule has 5 heteroatoms. The predicted molar refractivity (Wildman–Crippen MR) is 80.3 cm³/mol. The Hall–Kier alpha value is -2.01. The van der Waals surface area contributed by atoms with E-state index in [0.717, 1.165) is 28.5 Å². The molecule has 0 aliphatic carbocycles. The quantitative estimate of drug-likeness (QED) is 0.871. The number of hydrogen-bond donors (Lipinski definition) is 1. The van der Waals surface area contributed by atoms with Gasteiger partial charge in [0, 0.05) is 11.3 Å². The minimum absolute atomic E-state index is 0.197. The first-order valence-electron chi connectivity index (χ1n) is 5.82. The molecule has 2 N–H and O–H groups in total. The fourth-order valence-electron chi connectivity index (χ4n) is 1.78. The molecule has 2 aromatic rings. The molecule has 0 aliphatic rings. The van der Waals surface area contributed by atoms with Crippen molar-refractivity contribution in [1.29, 1.82) is 0 Å². The molecule has 0 amide bonds. The summed E-state index contributed by atoms with van der Waals surface area (Å²) in [6.45, 7) is 5.58. The van der Waals surface area contributed by atoms with E-state index in [1.54, 1.807) is 12.3 Å². The summed E-state index contributed by atoms with van der Waals surface area (Å²) in [5.74, 6) is 0.911. The van der Waals surface area contributed by atoms with E-state index in [-0.39, 0.29) is 5.24 Å². The number of rotatable bonds is 3. The van der Waals surface area contributed by atoms with Crippen LogP contribution in [0.25, 0.3) is 11.1 Å². The molecular formula is C14H15N3OS. The summed E-state index contributed by atoms with van der Waals surface area (Å²) in [6, 6.07) is 7.87. The van der Waals surface area contributed by atoms with Gasteiger partial charge >= 0.3 is 5.24 Å². The Bertz CT molecular complexity index is 619. The van der Waals surface area contributed by atoms with Gasteiger partial charge in [0.1, 0.15) is 5.82 Å². The fraction of sp³-hybridized carbons (Fsp3) is 0.143. The molecule has 0 unspecified atom stereocenters. The van der Waals surface area contributed by atoms with Crippen LogP contribution in [0, 0.1) is 6.92 Å². The summed E-state index contributed by atoms with van der Waals surface area (Å²) < 4.78 is 1.23. The first-order chi connectivity index (χ1) is 9.15. The number of anilines is 1. The lowest BCUT2D eigenvalue weighted by atomic mass is 10.0. The maximum Gasteiger partial charge on any atom is 0.308 e. The van der Waals surface area contributed by atoms with Gasteiger partial charge in [0.25, 0.3) is 0 Å². The van der Waals surface area contributed by atoms with Gasteiger partial charge in [0.15, 0.2) is 0 Å². The highest BCUT2D eigenvalue weighted by Crippen LogP contribution is 2.29. The first-order valence-corrected chi connectivity index (χ1v) is 6.81. The lowest BCUT2D eigenvalue weighted by Crippen LogP contribution is -2.11. The fourth-order valence-corrected chi connectivity index (χ4v) is 2.31. The van der Waals surface area contributed by atoms with Crippen molar-refractivity contribution < 1.29 is 4.79 Å². The van der Waals surface area contributed by atoms with Gasteiger partial charge in [-0.1, -0.05) is 42.1 Å². The van der Waals surface area contributed by atoms with E-state index in [1.165, 1.54) is 4.68 Å². The van der Waals surface area contributed by atoms with Crippen LogP contribution in [0.1, 0.15) is 5.56 Å². The molecule has 2 rings (SSSR count). The maximum atomic E-state index is 11.9. The SMILES string of the molecule is C=CCSC(=O)n1ncc(-c2ccccc2C)c1N. The zero-order chi connectivity index (χ0) is 13.8. The number of nitrogens with two attached hydrogens (primary N) is 1. The van der Waals surface area contributed by atoms with Gasteiger partial charge in [-0.25, -0.2) is 0 Å². The van der Waals surface area contributed by atoms with Gasteiger partial charge in [0.05, 0.1) is 6.20 Å². The van der Waals surface area contributed by atoms with Crippen LogP contribution in [0.2, 0.25) is 0 Å². The van der Waals surface area contributed by atoms with E-state index in [9.17, 15) is 4.79 Å². The largest absolute Gasteiger partial charge is 0.383 e. The Morgan fingerprint density at radius 2 is 2.21 bits per heavy atom. The van der Waals surface area contributed by atoms with Crippen molar-refractivity contribution in [3.63, 3.8) is 0 Å². The molecule has 1 aromatic heterocycles. The highest BCUT2D eigenvalue weighted by Gasteiger charge is 2.15. The van der Waals surface area contributed by atoms with Crippen molar-refractivity contribution in [2.75, 3.05) is 11.5 Å². The van der Waals surface area contributed by atoms with E-state index in [1.807, 2.05) is 31.2 Å². The molecule has 4 nitrogen and oxygen atoms in total. The molecule has 0 saturated heterocycles. The summed E-state index contributed by atoms with van der Waals surface area (Å²) in [7, 11) is 0. The Morgan fingerprint density at radius 1 is 1.47 bits per heavy atom. The number of aryl methyl sites for hydroxylation is 1. The number of carbonyl (C=O) groups excluding carboxylic acids is 1. The van der Waals surface area contributed by atoms with E-state index < -0.39 is 0 Å². The second-order valence-corrected chi connectivity index (χ2v) is 5.01. The standard InChI is InChI=1S/C14H15N3OS/c1-3-8-19-14(18)17-13(15)12(9-16-17)11-7-5-4-6-10(11)2/h3-7,9H,1,8,15H2,2H3. The van der Waals surface area contributed by atoms with Crippen LogP contribution >= 0.6 is 11.8 Å². The molecular weight excluding hydrogens is 258 g/mol. The highest BCUT2D eigenvalue weighted by molar-refractivity contribution is 8.13. The van der Waals surface area contributed by atoms with Crippen LogP contribution in [-0.2, 0) is 0 Å². The third-order valence-electron chi connectivity index (χ3n) is 2.74. The van der Waals surface area contributed by atoms with E-state index >= 15 is 0 Å². The summed E-state index contributed by atoms with van der Waals surface area (Å²) in [5, 5.41) is 3.88. The molecule has 0 radical (unpaired) electrons. The van der Waals surface area contributed by atoms with E-state index in [2.05, 4.69) is 11.7 Å². The molecule has 0 spiro atoms. The van der Waals surface area contributed by atoms with E-state index in [0.29, 0.717) is 11.6 Å². The summed E-state index contributed by atoms with van der Waals surface area (Å²) in [4.78, 5) is 11.9. The number of carbonyl (C=O) groups is 1. The van der Waals surface area contributed by atoms with Crippen LogP contribution in [0.3, 0.4) is 0 Å². The number of thioether (sulfide) groups is 1. The predicted octanol–water partition coefficient (Wildman–Crippen LogP) is 3.33. The number of hydrogen-bond acceptors (Lipinski definition) is 4. The van der Waals surface area contributed by atoms with Crippen molar-refractivity contribution in [3.8, 4) is 11.1 Å². The van der Waals surface area contributed by atoms with E-state index in [4.69, 9.17) is 5.73 Å². The first kappa shape index (κ1) is 13.4. The molecule has 0 bridgehead atoms. The number of nitrogen functional groups attached to an aromatic ring is 1. The lowest BCUT2D eigenvalue weighted by molar-refractivity contribution is 0.260. The zero-order valence-electron chi connectivity index (χ0n) is 10.7. The number of benzene rings is 1.